The number of hydrogen-bond acceptors (Lipinski definition) is 7. The normalized spacial score (nSPS) is 12.0. The summed E-state index contributed by atoms with van der Waals surface area (Å²) < 4.78 is 39.2. The molecule has 0 fully saturated rings. The van der Waals surface area contributed by atoms with Gasteiger partial charge in [0, 0.05) is 81.5 Å². The summed E-state index contributed by atoms with van der Waals surface area (Å²) in [6.45, 7) is 4.27. The van der Waals surface area contributed by atoms with Crippen molar-refractivity contribution >= 4 is 28.5 Å². The van der Waals surface area contributed by atoms with Gasteiger partial charge in [-0.3, -0.25) is 18.7 Å². The Bertz CT molecular complexity index is 2110. The molecule has 5 heterocycles. The van der Waals surface area contributed by atoms with Crippen molar-refractivity contribution in [3.05, 3.63) is 122 Å². The number of aliphatic hydroxyl groups excluding tert-OH is 1. The summed E-state index contributed by atoms with van der Waals surface area (Å²) in [6.07, 6.45) is 7.39. The van der Waals surface area contributed by atoms with E-state index in [-0.39, 0.29) is 18.2 Å². The number of aliphatic hydroxyl groups is 1. The summed E-state index contributed by atoms with van der Waals surface area (Å²) in [4.78, 5) is 0. The fraction of sp³-hybridized carbons (Fsp3) is 0.333. The minimum atomic E-state index is -0.870. The summed E-state index contributed by atoms with van der Waals surface area (Å²) in [5.41, 5.74) is 10.2. The van der Waals surface area contributed by atoms with Gasteiger partial charge >= 0.3 is 7.12 Å². The third kappa shape index (κ3) is 9.27. The van der Waals surface area contributed by atoms with Crippen LogP contribution in [-0.4, -0.2) is 56.4 Å². The topological polar surface area (TPSA) is 121 Å². The molecule has 0 atom stereocenters. The molecule has 2 N–H and O–H groups in total. The third-order valence-corrected chi connectivity index (χ3v) is 9.21. The van der Waals surface area contributed by atoms with E-state index in [2.05, 4.69) is 62.3 Å². The summed E-state index contributed by atoms with van der Waals surface area (Å²) in [5.74, 6) is -0.652. The first kappa shape index (κ1) is 37.8. The molecular formula is C36H42BBrF2N8O3. The molecule has 0 saturated heterocycles. The molecule has 4 aromatic heterocycles. The summed E-state index contributed by atoms with van der Waals surface area (Å²) in [5, 5.41) is 36.4. The average molecular weight is 763 g/mol. The Morgan fingerprint density at radius 3 is 1.90 bits per heavy atom. The third-order valence-electron chi connectivity index (χ3n) is 8.54. The van der Waals surface area contributed by atoms with E-state index in [0.29, 0.717) is 24.1 Å². The number of rotatable bonds is 8. The summed E-state index contributed by atoms with van der Waals surface area (Å²) in [6, 6.07) is 12.9. The molecule has 0 unspecified atom stereocenters. The van der Waals surface area contributed by atoms with E-state index >= 15 is 0 Å². The van der Waals surface area contributed by atoms with Gasteiger partial charge < -0.3 is 14.8 Å². The van der Waals surface area contributed by atoms with Gasteiger partial charge in [0.25, 0.3) is 0 Å². The van der Waals surface area contributed by atoms with Gasteiger partial charge in [-0.25, -0.2) is 8.78 Å². The average Bonchev–Trinajstić information content (AvgIpc) is 3.91. The predicted molar refractivity (Wildman–Crippen MR) is 195 cm³/mol. The molecule has 268 valence electrons. The molecule has 0 saturated carbocycles. The molecule has 7 rings (SSSR count). The molecule has 0 spiro atoms. The van der Waals surface area contributed by atoms with E-state index < -0.39 is 7.12 Å². The molecule has 51 heavy (non-hydrogen) atoms. The number of hydrogen-bond donors (Lipinski definition) is 2. The number of fused-ring (bicyclic) bond motifs is 1. The Balaban J connectivity index is 0.000000160. The van der Waals surface area contributed by atoms with Gasteiger partial charge in [-0.1, -0.05) is 19.9 Å². The van der Waals surface area contributed by atoms with Crippen LogP contribution in [-0.2, 0) is 71.7 Å². The maximum absolute atomic E-state index is 13.4. The van der Waals surface area contributed by atoms with Crippen molar-refractivity contribution in [1.29, 1.82) is 0 Å². The van der Waals surface area contributed by atoms with Crippen molar-refractivity contribution in [2.45, 2.75) is 52.7 Å². The molecule has 1 aliphatic heterocycles. The molecular weight excluding hydrogens is 721 g/mol. The van der Waals surface area contributed by atoms with Gasteiger partial charge in [-0.2, -0.15) is 20.4 Å². The van der Waals surface area contributed by atoms with Gasteiger partial charge in [-0.15, -0.1) is 0 Å². The minimum absolute atomic E-state index is 0.227. The van der Waals surface area contributed by atoms with Crippen LogP contribution in [0, 0.1) is 11.6 Å². The highest BCUT2D eigenvalue weighted by molar-refractivity contribution is 9.10. The largest absolute Gasteiger partial charge is 0.491 e. The smallest absolute Gasteiger partial charge is 0.423 e. The lowest BCUT2D eigenvalue weighted by Gasteiger charge is -2.08. The van der Waals surface area contributed by atoms with E-state index in [1.807, 2.05) is 54.6 Å². The van der Waals surface area contributed by atoms with Crippen molar-refractivity contribution in [2.75, 3.05) is 0 Å². The zero-order valence-corrected chi connectivity index (χ0v) is 31.2. The number of benzene rings is 2. The van der Waals surface area contributed by atoms with Crippen LogP contribution in [0.2, 0.25) is 0 Å². The number of nitrogens with zero attached hydrogens (tertiary/aromatic N) is 8. The Hall–Kier alpha value is -4.44. The van der Waals surface area contributed by atoms with Crippen molar-refractivity contribution in [3.8, 4) is 11.3 Å². The second-order valence-corrected chi connectivity index (χ2v) is 13.1. The number of aryl methyl sites for hydroxylation is 6. The Morgan fingerprint density at radius 2 is 1.33 bits per heavy atom. The zero-order chi connectivity index (χ0) is 36.8. The standard InChI is InChI=1S/C18H21FN4O.C11H15BrN4.C7H6BFO2/c1-4-15-9-16(23(3)20-15)8-12-10-22(2)21-18(12)17-6-5-14(19)7-13(17)11-24;1-4-9-6-10(16(3)13-9)5-8-7-15(2)14-11(8)12;9-6-1-2-7-5(3-6)4-11-8(7)10/h5-7,9-10,24H,4,8,11H2,1-3H3;6-7H,4-5H2,1-3H3;1-3,10H,4H2. The quantitative estimate of drug-likeness (QED) is 0.216. The van der Waals surface area contributed by atoms with Crippen LogP contribution >= 0.6 is 15.9 Å². The zero-order valence-electron chi connectivity index (χ0n) is 29.6. The molecule has 0 radical (unpaired) electrons. The lowest BCUT2D eigenvalue weighted by molar-refractivity contribution is 0.275. The first-order chi connectivity index (χ1) is 24.4. The molecule has 15 heteroatoms. The van der Waals surface area contributed by atoms with E-state index in [0.717, 1.165) is 63.3 Å². The lowest BCUT2D eigenvalue weighted by atomic mass is 9.80. The number of halogens is 3. The highest BCUT2D eigenvalue weighted by Crippen LogP contribution is 2.28. The summed E-state index contributed by atoms with van der Waals surface area (Å²) in [7, 11) is 6.83. The van der Waals surface area contributed by atoms with Crippen LogP contribution < -0.4 is 5.46 Å². The fourth-order valence-electron chi connectivity index (χ4n) is 5.86. The monoisotopic (exact) mass is 762 g/mol. The highest BCUT2D eigenvalue weighted by atomic mass is 79.9. The highest BCUT2D eigenvalue weighted by Gasteiger charge is 2.27. The van der Waals surface area contributed by atoms with Gasteiger partial charge in [-0.05, 0) is 87.8 Å². The van der Waals surface area contributed by atoms with Crippen molar-refractivity contribution < 1.29 is 23.6 Å². The Kier molecular flexibility index (Phi) is 12.4. The first-order valence-electron chi connectivity index (χ1n) is 16.6. The molecule has 11 nitrogen and oxygen atoms in total. The molecule has 0 bridgehead atoms. The molecule has 1 aliphatic rings. The SMILES string of the molecule is CCc1cc(Cc2cn(C)nc2-c2ccc(F)cc2CO)n(C)n1.CCc1cc(Cc2cn(C)nc2Br)n(C)n1.OB1OCc2cc(F)ccc21. The summed E-state index contributed by atoms with van der Waals surface area (Å²) >= 11 is 3.46. The fourth-order valence-corrected chi connectivity index (χ4v) is 6.35. The second kappa shape index (κ2) is 16.7. The Morgan fingerprint density at radius 1 is 0.765 bits per heavy atom. The molecule has 2 aromatic carbocycles. The van der Waals surface area contributed by atoms with Gasteiger partial charge in [0.15, 0.2) is 0 Å². The van der Waals surface area contributed by atoms with Crippen LogP contribution in [0.3, 0.4) is 0 Å². The van der Waals surface area contributed by atoms with E-state index in [1.54, 1.807) is 16.8 Å². The Labute approximate surface area is 304 Å². The maximum Gasteiger partial charge on any atom is 0.491 e. The molecule has 0 aliphatic carbocycles. The van der Waals surface area contributed by atoms with Crippen LogP contribution in [0.4, 0.5) is 8.78 Å². The molecule has 0 amide bonds. The second-order valence-electron chi connectivity index (χ2n) is 12.3. The molecule has 6 aromatic rings. The van der Waals surface area contributed by atoms with Gasteiger partial charge in [0.2, 0.25) is 0 Å². The maximum atomic E-state index is 13.4. The minimum Gasteiger partial charge on any atom is -0.423 e. The lowest BCUT2D eigenvalue weighted by Crippen LogP contribution is -2.27. The van der Waals surface area contributed by atoms with Crippen molar-refractivity contribution in [3.63, 3.8) is 0 Å². The van der Waals surface area contributed by atoms with Crippen LogP contribution in [0.5, 0.6) is 0 Å². The van der Waals surface area contributed by atoms with Crippen LogP contribution in [0.15, 0.2) is 65.5 Å². The predicted octanol–water partition coefficient (Wildman–Crippen LogP) is 4.72. The van der Waals surface area contributed by atoms with Crippen molar-refractivity contribution in [1.82, 2.24) is 39.1 Å². The number of aromatic nitrogens is 8. The van der Waals surface area contributed by atoms with Crippen molar-refractivity contribution in [2.24, 2.45) is 28.2 Å². The first-order valence-corrected chi connectivity index (χ1v) is 17.4. The van der Waals surface area contributed by atoms with Crippen LogP contribution in [0.1, 0.15) is 58.9 Å². The van der Waals surface area contributed by atoms with Gasteiger partial charge in [0.05, 0.1) is 30.3 Å². The van der Waals surface area contributed by atoms with Gasteiger partial charge in [0.1, 0.15) is 16.2 Å². The van der Waals surface area contributed by atoms with E-state index in [9.17, 15) is 13.9 Å². The van der Waals surface area contributed by atoms with E-state index in [1.165, 1.54) is 35.5 Å². The van der Waals surface area contributed by atoms with Crippen LogP contribution in [0.25, 0.3) is 11.3 Å². The van der Waals surface area contributed by atoms with E-state index in [4.69, 9.17) is 9.68 Å².